The van der Waals surface area contributed by atoms with Gasteiger partial charge >= 0.3 is 17.4 Å². The van der Waals surface area contributed by atoms with E-state index in [0.717, 1.165) is 35.8 Å². The van der Waals surface area contributed by atoms with Gasteiger partial charge in [0.2, 0.25) is 0 Å². The minimum absolute atomic E-state index is 0.00436. The van der Waals surface area contributed by atoms with Crippen LogP contribution < -0.4 is 16.1 Å². The van der Waals surface area contributed by atoms with Crippen LogP contribution in [0.25, 0.3) is 22.1 Å². The fraction of sp³-hybridized carbons (Fsp3) is 0.227. The average molecular weight is 391 g/mol. The lowest BCUT2D eigenvalue weighted by Gasteiger charge is -2.08. The second kappa shape index (κ2) is 6.77. The summed E-state index contributed by atoms with van der Waals surface area (Å²) in [4.78, 5) is 36.4. The summed E-state index contributed by atoms with van der Waals surface area (Å²) in [5.74, 6) is -0.710. The number of esters is 1. The van der Waals surface area contributed by atoms with E-state index in [1.807, 2.05) is 6.07 Å². The molecule has 146 valence electrons. The molecule has 0 saturated carbocycles. The highest BCUT2D eigenvalue weighted by molar-refractivity contribution is 5.84. The van der Waals surface area contributed by atoms with Gasteiger partial charge in [-0.15, -0.1) is 0 Å². The number of carbonyl (C=O) groups excluding carboxylic acids is 1. The number of para-hydroxylation sites is 2. The molecular weight excluding hydrogens is 374 g/mol. The maximum absolute atomic E-state index is 12.3. The first-order chi connectivity index (χ1) is 14.1. The van der Waals surface area contributed by atoms with Crippen molar-refractivity contribution in [3.05, 3.63) is 74.6 Å². The van der Waals surface area contributed by atoms with E-state index in [9.17, 15) is 14.4 Å². The standard InChI is InChI=1S/C22H17NO6/c24-20(10-11-23-17-6-1-2-7-18(17)29-22(23)26)27-13-8-9-15-14-4-3-5-16(14)21(25)28-19(15)12-13/h1-2,6-9,12H,3-5,10-11H2. The number of benzene rings is 2. The predicted octanol–water partition coefficient (Wildman–Crippen LogP) is 3.19. The van der Waals surface area contributed by atoms with Gasteiger partial charge in [0.1, 0.15) is 11.3 Å². The largest absolute Gasteiger partial charge is 0.426 e. The molecule has 0 spiro atoms. The van der Waals surface area contributed by atoms with Gasteiger partial charge in [-0.05, 0) is 49.1 Å². The summed E-state index contributed by atoms with van der Waals surface area (Å²) in [5.41, 5.74) is 2.98. The molecule has 1 aliphatic rings. The van der Waals surface area contributed by atoms with Gasteiger partial charge in [0, 0.05) is 23.6 Å². The van der Waals surface area contributed by atoms with E-state index in [1.54, 1.807) is 36.4 Å². The maximum Gasteiger partial charge on any atom is 0.419 e. The lowest BCUT2D eigenvalue weighted by molar-refractivity contribution is -0.134. The Hall–Kier alpha value is -3.61. The van der Waals surface area contributed by atoms with Crippen molar-refractivity contribution in [2.75, 3.05) is 0 Å². The van der Waals surface area contributed by atoms with Crippen LogP contribution in [-0.4, -0.2) is 10.5 Å². The molecule has 4 aromatic rings. The molecular formula is C22H17NO6. The van der Waals surface area contributed by atoms with E-state index < -0.39 is 11.7 Å². The lowest BCUT2D eigenvalue weighted by Crippen LogP contribution is -2.18. The van der Waals surface area contributed by atoms with Crippen molar-refractivity contribution in [2.24, 2.45) is 0 Å². The number of oxazole rings is 1. The van der Waals surface area contributed by atoms with Crippen molar-refractivity contribution in [2.45, 2.75) is 32.2 Å². The van der Waals surface area contributed by atoms with Crippen LogP contribution in [0.2, 0.25) is 0 Å². The molecule has 0 aliphatic heterocycles. The van der Waals surface area contributed by atoms with E-state index in [0.29, 0.717) is 22.4 Å². The van der Waals surface area contributed by atoms with Crippen LogP contribution in [0, 0.1) is 0 Å². The van der Waals surface area contributed by atoms with Crippen LogP contribution in [0.3, 0.4) is 0 Å². The van der Waals surface area contributed by atoms with Crippen LogP contribution in [0.15, 0.2) is 60.9 Å². The molecule has 0 N–H and O–H groups in total. The number of aromatic nitrogens is 1. The first-order valence-electron chi connectivity index (χ1n) is 9.48. The van der Waals surface area contributed by atoms with Gasteiger partial charge in [0.05, 0.1) is 11.9 Å². The molecule has 7 heteroatoms. The Labute approximate surface area is 164 Å². The van der Waals surface area contributed by atoms with Crippen LogP contribution in [-0.2, 0) is 24.2 Å². The zero-order valence-corrected chi connectivity index (χ0v) is 15.5. The number of rotatable bonds is 4. The van der Waals surface area contributed by atoms with Crippen LogP contribution in [0.1, 0.15) is 24.0 Å². The highest BCUT2D eigenvalue weighted by Crippen LogP contribution is 2.29. The van der Waals surface area contributed by atoms with E-state index in [-0.39, 0.29) is 18.6 Å². The Kier molecular flexibility index (Phi) is 4.08. The van der Waals surface area contributed by atoms with Crippen LogP contribution in [0.4, 0.5) is 0 Å². The molecule has 0 saturated heterocycles. The summed E-state index contributed by atoms with van der Waals surface area (Å²) in [6.45, 7) is 0.144. The number of ether oxygens (including phenoxy) is 1. The zero-order chi connectivity index (χ0) is 20.0. The van der Waals surface area contributed by atoms with Gasteiger partial charge in [-0.25, -0.2) is 9.59 Å². The molecule has 1 aliphatic carbocycles. The van der Waals surface area contributed by atoms with Gasteiger partial charge in [-0.2, -0.15) is 0 Å². The monoisotopic (exact) mass is 391 g/mol. The highest BCUT2D eigenvalue weighted by Gasteiger charge is 2.20. The highest BCUT2D eigenvalue weighted by atomic mass is 16.5. The smallest absolute Gasteiger partial charge is 0.419 e. The van der Waals surface area contributed by atoms with Crippen molar-refractivity contribution < 1.29 is 18.4 Å². The number of fused-ring (bicyclic) bond motifs is 4. The minimum Gasteiger partial charge on any atom is -0.426 e. The van der Waals surface area contributed by atoms with Crippen molar-refractivity contribution >= 4 is 28.0 Å². The number of nitrogens with zero attached hydrogens (tertiary/aromatic N) is 1. The third kappa shape index (κ3) is 3.04. The number of carbonyl (C=O) groups is 1. The molecule has 5 rings (SSSR count). The van der Waals surface area contributed by atoms with Crippen molar-refractivity contribution in [3.8, 4) is 5.75 Å². The summed E-state index contributed by atoms with van der Waals surface area (Å²) >= 11 is 0. The molecule has 2 heterocycles. The second-order valence-electron chi connectivity index (χ2n) is 7.07. The molecule has 29 heavy (non-hydrogen) atoms. The summed E-state index contributed by atoms with van der Waals surface area (Å²) in [6.07, 6.45) is 2.53. The summed E-state index contributed by atoms with van der Waals surface area (Å²) in [6, 6.07) is 12.1. The van der Waals surface area contributed by atoms with Gasteiger partial charge in [-0.1, -0.05) is 12.1 Å². The second-order valence-corrected chi connectivity index (χ2v) is 7.07. The first-order valence-corrected chi connectivity index (χ1v) is 9.48. The van der Waals surface area contributed by atoms with Gasteiger partial charge in [-0.3, -0.25) is 9.36 Å². The molecule has 0 amide bonds. The quantitative estimate of drug-likeness (QED) is 0.301. The third-order valence-corrected chi connectivity index (χ3v) is 5.29. The predicted molar refractivity (Wildman–Crippen MR) is 105 cm³/mol. The third-order valence-electron chi connectivity index (χ3n) is 5.29. The SMILES string of the molecule is O=C(CCn1c(=O)oc2ccccc21)Oc1ccc2c3c(c(=O)oc2c1)CCC3. The molecule has 2 aromatic heterocycles. The molecule has 0 radical (unpaired) electrons. The summed E-state index contributed by atoms with van der Waals surface area (Å²) < 4.78 is 17.4. The Morgan fingerprint density at radius 2 is 1.83 bits per heavy atom. The van der Waals surface area contributed by atoms with E-state index in [1.165, 1.54) is 4.57 Å². The van der Waals surface area contributed by atoms with Gasteiger partial charge in [0.25, 0.3) is 0 Å². The van der Waals surface area contributed by atoms with E-state index in [4.69, 9.17) is 13.6 Å². The first kappa shape index (κ1) is 17.5. The Balaban J connectivity index is 1.35. The van der Waals surface area contributed by atoms with Crippen molar-refractivity contribution in [1.82, 2.24) is 4.57 Å². The Morgan fingerprint density at radius 3 is 2.72 bits per heavy atom. The average Bonchev–Trinajstić information content (AvgIpc) is 3.31. The van der Waals surface area contributed by atoms with Gasteiger partial charge < -0.3 is 13.6 Å². The molecule has 0 bridgehead atoms. The van der Waals surface area contributed by atoms with Crippen LogP contribution >= 0.6 is 0 Å². The number of hydrogen-bond acceptors (Lipinski definition) is 6. The molecule has 0 atom stereocenters. The lowest BCUT2D eigenvalue weighted by atomic mass is 10.1. The van der Waals surface area contributed by atoms with Gasteiger partial charge in [0.15, 0.2) is 5.58 Å². The van der Waals surface area contributed by atoms with E-state index in [2.05, 4.69) is 0 Å². The number of aryl methyl sites for hydroxylation is 2. The van der Waals surface area contributed by atoms with Crippen molar-refractivity contribution in [1.29, 1.82) is 0 Å². The normalized spacial score (nSPS) is 13.1. The minimum atomic E-state index is -0.514. The Morgan fingerprint density at radius 1 is 1.00 bits per heavy atom. The van der Waals surface area contributed by atoms with Crippen molar-refractivity contribution in [3.63, 3.8) is 0 Å². The molecule has 2 aromatic carbocycles. The molecule has 0 unspecified atom stereocenters. The number of hydrogen-bond donors (Lipinski definition) is 0. The molecule has 0 fully saturated rings. The fourth-order valence-corrected chi connectivity index (χ4v) is 3.94. The van der Waals surface area contributed by atoms with E-state index >= 15 is 0 Å². The summed E-state index contributed by atoms with van der Waals surface area (Å²) in [5, 5.41) is 0.883. The zero-order valence-electron chi connectivity index (χ0n) is 15.5. The maximum atomic E-state index is 12.3. The topological polar surface area (TPSA) is 91.6 Å². The molecule has 7 nitrogen and oxygen atoms in total. The summed E-state index contributed by atoms with van der Waals surface area (Å²) in [7, 11) is 0. The van der Waals surface area contributed by atoms with Crippen LogP contribution in [0.5, 0.6) is 5.75 Å². The Bertz CT molecular complexity index is 1370. The fourth-order valence-electron chi connectivity index (χ4n) is 3.94.